The Bertz CT molecular complexity index is 325. The molecule has 2 rings (SSSR count). The van der Waals surface area contributed by atoms with Crippen LogP contribution in [0.15, 0.2) is 12.1 Å². The first kappa shape index (κ1) is 9.40. The van der Waals surface area contributed by atoms with E-state index < -0.39 is 17.4 Å². The van der Waals surface area contributed by atoms with E-state index in [1.165, 1.54) is 6.07 Å². The molecule has 0 aliphatic carbocycles. The number of hydrogen-bond acceptors (Lipinski definition) is 2. The van der Waals surface area contributed by atoms with Crippen molar-refractivity contribution in [2.45, 2.75) is 18.9 Å². The first-order chi connectivity index (χ1) is 6.68. The van der Waals surface area contributed by atoms with Crippen LogP contribution in [0, 0.1) is 11.6 Å². The second kappa shape index (κ2) is 3.53. The SMILES string of the molecule is Oc1cc([C@@H]2CCCN2)cc(F)c1F. The summed E-state index contributed by atoms with van der Waals surface area (Å²) in [7, 11) is 0. The molecule has 0 amide bonds. The molecule has 1 aliphatic heterocycles. The maximum atomic E-state index is 12.9. The van der Waals surface area contributed by atoms with Crippen molar-refractivity contribution in [2.75, 3.05) is 6.54 Å². The van der Waals surface area contributed by atoms with Crippen molar-refractivity contribution >= 4 is 0 Å². The lowest BCUT2D eigenvalue weighted by Crippen LogP contribution is -2.13. The van der Waals surface area contributed by atoms with Crippen molar-refractivity contribution in [2.24, 2.45) is 0 Å². The topological polar surface area (TPSA) is 32.3 Å². The van der Waals surface area contributed by atoms with Crippen molar-refractivity contribution in [3.05, 3.63) is 29.3 Å². The molecule has 0 spiro atoms. The summed E-state index contributed by atoms with van der Waals surface area (Å²) in [5.41, 5.74) is 0.610. The standard InChI is InChI=1S/C10H11F2NO/c11-7-4-6(5-9(14)10(7)12)8-2-1-3-13-8/h4-5,8,13-14H,1-3H2/t8-/m0/s1. The molecule has 1 atom stereocenters. The summed E-state index contributed by atoms with van der Waals surface area (Å²) in [5, 5.41) is 12.2. The van der Waals surface area contributed by atoms with Crippen molar-refractivity contribution in [3.63, 3.8) is 0 Å². The molecule has 1 aliphatic rings. The van der Waals surface area contributed by atoms with Crippen molar-refractivity contribution in [1.29, 1.82) is 0 Å². The molecule has 2 N–H and O–H groups in total. The molecular formula is C10H11F2NO. The minimum Gasteiger partial charge on any atom is -0.505 e. The summed E-state index contributed by atoms with van der Waals surface area (Å²) in [6, 6.07) is 2.45. The minimum absolute atomic E-state index is 0.0380. The lowest BCUT2D eigenvalue weighted by molar-refractivity contribution is 0.404. The Morgan fingerprint density at radius 1 is 1.36 bits per heavy atom. The number of halogens is 2. The molecule has 0 unspecified atom stereocenters. The van der Waals surface area contributed by atoms with E-state index >= 15 is 0 Å². The van der Waals surface area contributed by atoms with Crippen molar-refractivity contribution in [3.8, 4) is 5.75 Å². The molecule has 0 aromatic heterocycles. The van der Waals surface area contributed by atoms with Gasteiger partial charge in [-0.15, -0.1) is 0 Å². The third kappa shape index (κ3) is 1.57. The number of aromatic hydroxyl groups is 1. The van der Waals surface area contributed by atoms with Gasteiger partial charge in [0.2, 0.25) is 0 Å². The second-order valence-corrected chi connectivity index (χ2v) is 3.48. The molecule has 0 radical (unpaired) electrons. The smallest absolute Gasteiger partial charge is 0.200 e. The van der Waals surface area contributed by atoms with Crippen molar-refractivity contribution in [1.82, 2.24) is 5.32 Å². The molecule has 1 saturated heterocycles. The molecule has 0 saturated carbocycles. The third-order valence-corrected chi connectivity index (χ3v) is 2.49. The van der Waals surface area contributed by atoms with E-state index in [-0.39, 0.29) is 6.04 Å². The average molecular weight is 199 g/mol. The molecule has 1 heterocycles. The van der Waals surface area contributed by atoms with E-state index in [9.17, 15) is 8.78 Å². The predicted octanol–water partition coefficient (Wildman–Crippen LogP) is 2.09. The van der Waals surface area contributed by atoms with Crippen LogP contribution in [0.1, 0.15) is 24.4 Å². The number of phenolic OH excluding ortho intramolecular Hbond substituents is 1. The predicted molar refractivity (Wildman–Crippen MR) is 48.0 cm³/mol. The second-order valence-electron chi connectivity index (χ2n) is 3.48. The zero-order valence-electron chi connectivity index (χ0n) is 7.56. The van der Waals surface area contributed by atoms with Gasteiger partial charge >= 0.3 is 0 Å². The Morgan fingerprint density at radius 3 is 2.71 bits per heavy atom. The third-order valence-electron chi connectivity index (χ3n) is 2.49. The van der Waals surface area contributed by atoms with Crippen LogP contribution in [0.3, 0.4) is 0 Å². The number of benzene rings is 1. The van der Waals surface area contributed by atoms with Crippen LogP contribution in [-0.2, 0) is 0 Å². The zero-order valence-corrected chi connectivity index (χ0v) is 7.56. The Balaban J connectivity index is 2.34. The minimum atomic E-state index is -1.17. The highest BCUT2D eigenvalue weighted by atomic mass is 19.2. The van der Waals surface area contributed by atoms with Gasteiger partial charge in [0.15, 0.2) is 17.4 Å². The van der Waals surface area contributed by atoms with Gasteiger partial charge < -0.3 is 10.4 Å². The van der Waals surface area contributed by atoms with E-state index in [1.54, 1.807) is 0 Å². The molecule has 1 aromatic rings. The zero-order chi connectivity index (χ0) is 10.1. The van der Waals surface area contributed by atoms with Crippen LogP contribution in [0.5, 0.6) is 5.75 Å². The lowest BCUT2D eigenvalue weighted by Gasteiger charge is -2.11. The normalized spacial score (nSPS) is 21.4. The van der Waals surface area contributed by atoms with Crippen molar-refractivity contribution < 1.29 is 13.9 Å². The maximum absolute atomic E-state index is 12.9. The van der Waals surface area contributed by atoms with Gasteiger partial charge in [0.25, 0.3) is 0 Å². The van der Waals surface area contributed by atoms with Gasteiger partial charge in [-0.3, -0.25) is 0 Å². The number of phenols is 1. The van der Waals surface area contributed by atoms with Crippen LogP contribution < -0.4 is 5.32 Å². The van der Waals surface area contributed by atoms with Crippen LogP contribution >= 0.6 is 0 Å². The van der Waals surface area contributed by atoms with E-state index in [0.29, 0.717) is 5.56 Å². The van der Waals surface area contributed by atoms with Gasteiger partial charge in [-0.25, -0.2) is 4.39 Å². The fourth-order valence-electron chi connectivity index (χ4n) is 1.77. The highest BCUT2D eigenvalue weighted by molar-refractivity contribution is 5.32. The molecular weight excluding hydrogens is 188 g/mol. The maximum Gasteiger partial charge on any atom is 0.200 e. The number of hydrogen-bond donors (Lipinski definition) is 2. The summed E-state index contributed by atoms with van der Waals surface area (Å²) >= 11 is 0. The Labute approximate surface area is 80.6 Å². The monoisotopic (exact) mass is 199 g/mol. The molecule has 0 bridgehead atoms. The summed E-state index contributed by atoms with van der Waals surface area (Å²) in [4.78, 5) is 0. The molecule has 1 fully saturated rings. The van der Waals surface area contributed by atoms with Gasteiger partial charge in [-0.1, -0.05) is 0 Å². The van der Waals surface area contributed by atoms with Crippen LogP contribution in [0.4, 0.5) is 8.78 Å². The highest BCUT2D eigenvalue weighted by Crippen LogP contribution is 2.28. The fourth-order valence-corrected chi connectivity index (χ4v) is 1.77. The van der Waals surface area contributed by atoms with Gasteiger partial charge in [0.05, 0.1) is 0 Å². The summed E-state index contributed by atoms with van der Waals surface area (Å²) < 4.78 is 25.7. The quantitative estimate of drug-likeness (QED) is 0.725. The van der Waals surface area contributed by atoms with Crippen LogP contribution in [0.25, 0.3) is 0 Å². The first-order valence-corrected chi connectivity index (χ1v) is 4.60. The molecule has 76 valence electrons. The number of rotatable bonds is 1. The lowest BCUT2D eigenvalue weighted by atomic mass is 10.0. The first-order valence-electron chi connectivity index (χ1n) is 4.60. The Hall–Kier alpha value is -1.16. The Morgan fingerprint density at radius 2 is 2.14 bits per heavy atom. The Kier molecular flexibility index (Phi) is 2.37. The van der Waals surface area contributed by atoms with E-state index in [1.807, 2.05) is 0 Å². The molecule has 2 nitrogen and oxygen atoms in total. The fraction of sp³-hybridized carbons (Fsp3) is 0.400. The summed E-state index contributed by atoms with van der Waals surface area (Å²) in [6.07, 6.45) is 1.91. The highest BCUT2D eigenvalue weighted by Gasteiger charge is 2.19. The molecule has 4 heteroatoms. The summed E-state index contributed by atoms with van der Waals surface area (Å²) in [5.74, 6) is -2.78. The van der Waals surface area contributed by atoms with Crippen LogP contribution in [-0.4, -0.2) is 11.7 Å². The van der Waals surface area contributed by atoms with E-state index in [0.717, 1.165) is 25.5 Å². The van der Waals surface area contributed by atoms with Crippen LogP contribution in [0.2, 0.25) is 0 Å². The van der Waals surface area contributed by atoms with Gasteiger partial charge in [0, 0.05) is 6.04 Å². The van der Waals surface area contributed by atoms with E-state index in [2.05, 4.69) is 5.32 Å². The number of nitrogens with one attached hydrogen (secondary N) is 1. The molecule has 1 aromatic carbocycles. The van der Waals surface area contributed by atoms with E-state index in [4.69, 9.17) is 5.11 Å². The average Bonchev–Trinajstić information content (AvgIpc) is 2.66. The molecule has 14 heavy (non-hydrogen) atoms. The largest absolute Gasteiger partial charge is 0.505 e. The summed E-state index contributed by atoms with van der Waals surface area (Å²) in [6.45, 7) is 0.879. The van der Waals surface area contributed by atoms with Gasteiger partial charge in [-0.2, -0.15) is 4.39 Å². The van der Waals surface area contributed by atoms with Gasteiger partial charge in [-0.05, 0) is 37.1 Å². The van der Waals surface area contributed by atoms with Gasteiger partial charge in [0.1, 0.15) is 0 Å².